The van der Waals surface area contributed by atoms with Crippen LogP contribution in [-0.4, -0.2) is 18.0 Å². The topological polar surface area (TPSA) is 98.9 Å². The van der Waals surface area contributed by atoms with E-state index in [1.807, 2.05) is 37.3 Å². The van der Waals surface area contributed by atoms with Crippen molar-refractivity contribution in [2.24, 2.45) is 20.8 Å². The zero-order chi connectivity index (χ0) is 12.5. The van der Waals surface area contributed by atoms with Crippen LogP contribution in [0.1, 0.15) is 12.5 Å². The van der Waals surface area contributed by atoms with Crippen LogP contribution in [-0.2, 0) is 0 Å². The maximum Gasteiger partial charge on any atom is 0.215 e. The number of guanidine groups is 1. The molecule has 0 radical (unpaired) electrons. The van der Waals surface area contributed by atoms with Gasteiger partial charge in [-0.15, -0.1) is 0 Å². The summed E-state index contributed by atoms with van der Waals surface area (Å²) >= 11 is 0. The number of nitrogens with zero attached hydrogens (tertiary/aromatic N) is 4. The predicted octanol–water partition coefficient (Wildman–Crippen LogP) is 0.824. The van der Waals surface area contributed by atoms with E-state index in [0.717, 1.165) is 17.6 Å². The van der Waals surface area contributed by atoms with Gasteiger partial charge in [0.25, 0.3) is 0 Å². The second-order valence-corrected chi connectivity index (χ2v) is 3.03. The zero-order valence-corrected chi connectivity index (χ0v) is 9.33. The summed E-state index contributed by atoms with van der Waals surface area (Å²) in [6.07, 6.45) is 2.61. The van der Waals surface area contributed by atoms with Crippen LogP contribution in [0.4, 0.5) is 0 Å². The van der Waals surface area contributed by atoms with Crippen molar-refractivity contribution in [1.29, 1.82) is 5.26 Å². The monoisotopic (exact) mass is 228 g/mol. The molecular weight excluding hydrogens is 216 g/mol. The Morgan fingerprint density at radius 3 is 2.76 bits per heavy atom. The van der Waals surface area contributed by atoms with Gasteiger partial charge in [-0.2, -0.15) is 15.4 Å². The lowest BCUT2D eigenvalue weighted by Gasteiger charge is -2.01. The maximum atomic E-state index is 8.14. The minimum absolute atomic E-state index is 0.0688. The minimum atomic E-state index is 0.0688. The molecule has 0 aromatic heterocycles. The Bertz CT molecular complexity index is 480. The molecule has 1 aromatic carbocycles. The van der Waals surface area contributed by atoms with Crippen molar-refractivity contribution in [3.63, 3.8) is 0 Å². The van der Waals surface area contributed by atoms with Gasteiger partial charge in [-0.05, 0) is 12.5 Å². The van der Waals surface area contributed by atoms with E-state index in [0.29, 0.717) is 0 Å². The van der Waals surface area contributed by atoms with Crippen molar-refractivity contribution in [2.45, 2.75) is 6.92 Å². The third-order valence-corrected chi connectivity index (χ3v) is 1.84. The van der Waals surface area contributed by atoms with Crippen molar-refractivity contribution >= 4 is 18.0 Å². The lowest BCUT2D eigenvalue weighted by Crippen LogP contribution is -2.28. The highest BCUT2D eigenvalue weighted by molar-refractivity contribution is 5.99. The van der Waals surface area contributed by atoms with Crippen LogP contribution in [0, 0.1) is 11.5 Å². The average Bonchev–Trinajstić information content (AvgIpc) is 2.37. The molecule has 0 spiro atoms. The van der Waals surface area contributed by atoms with E-state index in [9.17, 15) is 0 Å². The fourth-order valence-corrected chi connectivity index (χ4v) is 1.03. The molecular formula is C11H12N6. The summed E-state index contributed by atoms with van der Waals surface area (Å²) in [4.78, 5) is 6.86. The van der Waals surface area contributed by atoms with E-state index in [-0.39, 0.29) is 5.96 Å². The van der Waals surface area contributed by atoms with Gasteiger partial charge in [0.05, 0.1) is 5.71 Å². The Morgan fingerprint density at radius 1 is 1.41 bits per heavy atom. The van der Waals surface area contributed by atoms with E-state index < -0.39 is 0 Å². The van der Waals surface area contributed by atoms with Crippen molar-refractivity contribution in [2.75, 3.05) is 0 Å². The predicted molar refractivity (Wildman–Crippen MR) is 67.5 cm³/mol. The normalized spacial score (nSPS) is 12.5. The van der Waals surface area contributed by atoms with Crippen LogP contribution in [0.15, 0.2) is 45.4 Å². The Kier molecular flexibility index (Phi) is 4.91. The molecule has 0 aliphatic rings. The number of hydrogen-bond acceptors (Lipinski definition) is 3. The Balaban J connectivity index is 2.63. The Morgan fingerprint density at radius 2 is 2.12 bits per heavy atom. The van der Waals surface area contributed by atoms with Crippen LogP contribution in [0.3, 0.4) is 0 Å². The number of nitrogens with two attached hydrogens (primary N) is 1. The number of rotatable bonds is 3. The molecule has 6 nitrogen and oxygen atoms in total. The summed E-state index contributed by atoms with van der Waals surface area (Å²) in [6, 6.07) is 9.64. The van der Waals surface area contributed by atoms with E-state index in [1.54, 1.807) is 6.19 Å². The molecule has 17 heavy (non-hydrogen) atoms. The SMILES string of the molecule is C/C(=N\NC(N)=NC=NC#N)c1ccccc1. The fraction of sp³-hybridized carbons (Fsp3) is 0.0909. The lowest BCUT2D eigenvalue weighted by molar-refractivity contribution is 1.01. The molecule has 1 rings (SSSR count). The van der Waals surface area contributed by atoms with Crippen LogP contribution in [0.2, 0.25) is 0 Å². The Hall–Kier alpha value is -2.68. The third kappa shape index (κ3) is 4.57. The van der Waals surface area contributed by atoms with Gasteiger partial charge in [0.15, 0.2) is 0 Å². The molecule has 0 heterocycles. The average molecular weight is 228 g/mol. The number of hydrogen-bond donors (Lipinski definition) is 2. The van der Waals surface area contributed by atoms with Gasteiger partial charge >= 0.3 is 0 Å². The first-order valence-corrected chi connectivity index (χ1v) is 4.83. The lowest BCUT2D eigenvalue weighted by atomic mass is 10.1. The van der Waals surface area contributed by atoms with Crippen LogP contribution in [0.5, 0.6) is 0 Å². The summed E-state index contributed by atoms with van der Waals surface area (Å²) < 4.78 is 0. The van der Waals surface area contributed by atoms with Gasteiger partial charge < -0.3 is 5.73 Å². The quantitative estimate of drug-likeness (QED) is 0.347. The highest BCUT2D eigenvalue weighted by Gasteiger charge is 1.95. The van der Waals surface area contributed by atoms with Crippen molar-refractivity contribution < 1.29 is 0 Å². The fourth-order valence-electron chi connectivity index (χ4n) is 1.03. The molecule has 86 valence electrons. The summed E-state index contributed by atoms with van der Waals surface area (Å²) in [7, 11) is 0. The molecule has 0 atom stereocenters. The highest BCUT2D eigenvalue weighted by atomic mass is 15.4. The van der Waals surface area contributed by atoms with E-state index in [4.69, 9.17) is 11.0 Å². The first-order valence-electron chi connectivity index (χ1n) is 4.83. The van der Waals surface area contributed by atoms with E-state index in [2.05, 4.69) is 20.5 Å². The third-order valence-electron chi connectivity index (χ3n) is 1.84. The molecule has 0 unspecified atom stereocenters. The second kappa shape index (κ2) is 6.74. The first kappa shape index (κ1) is 12.4. The van der Waals surface area contributed by atoms with Gasteiger partial charge in [0, 0.05) is 0 Å². The van der Waals surface area contributed by atoms with Gasteiger partial charge in [0.2, 0.25) is 12.2 Å². The summed E-state index contributed by atoms with van der Waals surface area (Å²) in [5, 5.41) is 12.2. The largest absolute Gasteiger partial charge is 0.368 e. The maximum absolute atomic E-state index is 8.14. The van der Waals surface area contributed by atoms with Crippen LogP contribution in [0.25, 0.3) is 0 Å². The van der Waals surface area contributed by atoms with Crippen molar-refractivity contribution in [3.8, 4) is 6.19 Å². The zero-order valence-electron chi connectivity index (χ0n) is 9.33. The molecule has 0 saturated heterocycles. The molecule has 0 saturated carbocycles. The molecule has 3 N–H and O–H groups in total. The van der Waals surface area contributed by atoms with Crippen LogP contribution >= 0.6 is 0 Å². The summed E-state index contributed by atoms with van der Waals surface area (Å²) in [5.74, 6) is 0.0688. The number of nitrogens with one attached hydrogen (secondary N) is 1. The van der Waals surface area contributed by atoms with Gasteiger partial charge in [-0.25, -0.2) is 10.4 Å². The van der Waals surface area contributed by atoms with E-state index >= 15 is 0 Å². The number of benzene rings is 1. The van der Waals surface area contributed by atoms with Crippen molar-refractivity contribution in [1.82, 2.24) is 5.43 Å². The number of nitriles is 1. The standard InChI is InChI=1S/C11H12N6/c1-9(10-5-3-2-4-6-10)16-17-11(13)15-8-14-7-12/h2-6,8H,1H3,(H3,13,14,15,17)/b16-9+. The minimum Gasteiger partial charge on any atom is -0.368 e. The van der Waals surface area contributed by atoms with Gasteiger partial charge in [-0.3, -0.25) is 0 Å². The van der Waals surface area contributed by atoms with Crippen LogP contribution < -0.4 is 11.2 Å². The van der Waals surface area contributed by atoms with Gasteiger partial charge in [-0.1, -0.05) is 30.3 Å². The summed E-state index contributed by atoms with van der Waals surface area (Å²) in [6.45, 7) is 1.85. The summed E-state index contributed by atoms with van der Waals surface area (Å²) in [5.41, 5.74) is 9.79. The first-order chi connectivity index (χ1) is 8.24. The molecule has 6 heteroatoms. The molecule has 0 aliphatic heterocycles. The molecule has 0 amide bonds. The molecule has 0 bridgehead atoms. The van der Waals surface area contributed by atoms with E-state index in [1.165, 1.54) is 0 Å². The number of aliphatic imine (C=N–C) groups is 2. The second-order valence-electron chi connectivity index (χ2n) is 3.03. The molecule has 0 fully saturated rings. The Labute approximate surface area is 99.2 Å². The molecule has 1 aromatic rings. The smallest absolute Gasteiger partial charge is 0.215 e. The van der Waals surface area contributed by atoms with Gasteiger partial charge in [0.1, 0.15) is 6.34 Å². The highest BCUT2D eigenvalue weighted by Crippen LogP contribution is 1.99. The molecule has 0 aliphatic carbocycles. The number of hydrazone groups is 1. The van der Waals surface area contributed by atoms with Crippen molar-refractivity contribution in [3.05, 3.63) is 35.9 Å².